The molecule has 0 saturated carbocycles. The molecule has 2 saturated heterocycles. The van der Waals surface area contributed by atoms with Crippen LogP contribution in [0.5, 0.6) is 11.5 Å². The predicted molar refractivity (Wildman–Crippen MR) is 112 cm³/mol. The van der Waals surface area contributed by atoms with Gasteiger partial charge in [-0.15, -0.1) is 0 Å². The second kappa shape index (κ2) is 8.42. The van der Waals surface area contributed by atoms with Crippen molar-refractivity contribution in [2.24, 2.45) is 5.92 Å². The highest BCUT2D eigenvalue weighted by molar-refractivity contribution is 5.62. The van der Waals surface area contributed by atoms with Gasteiger partial charge in [0.15, 0.2) is 11.5 Å². The Morgan fingerprint density at radius 3 is 2.76 bits per heavy atom. The monoisotopic (exact) mass is 399 g/mol. The molecular weight excluding hydrogens is 370 g/mol. The lowest BCUT2D eigenvalue weighted by atomic mass is 10.1. The van der Waals surface area contributed by atoms with Crippen LogP contribution < -0.4 is 20.1 Å². The van der Waals surface area contributed by atoms with Crippen molar-refractivity contribution in [3.05, 3.63) is 30.0 Å². The molecule has 8 heteroatoms. The van der Waals surface area contributed by atoms with Gasteiger partial charge < -0.3 is 24.8 Å². The summed E-state index contributed by atoms with van der Waals surface area (Å²) in [5.74, 6) is 2.96. The summed E-state index contributed by atoms with van der Waals surface area (Å²) in [7, 11) is 3.57. The zero-order valence-corrected chi connectivity index (χ0v) is 17.3. The molecule has 8 nitrogen and oxygen atoms in total. The molecule has 2 fully saturated rings. The molecule has 2 N–H and O–H groups in total. The summed E-state index contributed by atoms with van der Waals surface area (Å²) in [5, 5.41) is 0. The van der Waals surface area contributed by atoms with E-state index in [0.717, 1.165) is 49.9 Å². The molecule has 0 radical (unpaired) electrons. The number of hydrogen-bond acceptors (Lipinski definition) is 8. The van der Waals surface area contributed by atoms with E-state index in [1.807, 2.05) is 37.1 Å². The Bertz CT molecular complexity index is 838. The molecule has 1 atom stereocenters. The molecule has 1 aromatic heterocycles. The Balaban J connectivity index is 1.45. The lowest BCUT2D eigenvalue weighted by molar-refractivity contribution is -0.0584. The van der Waals surface area contributed by atoms with Gasteiger partial charge in [0.1, 0.15) is 5.82 Å². The van der Waals surface area contributed by atoms with E-state index in [-0.39, 0.29) is 0 Å². The van der Waals surface area contributed by atoms with Crippen molar-refractivity contribution in [2.75, 3.05) is 57.7 Å². The van der Waals surface area contributed by atoms with Crippen LogP contribution in [0.3, 0.4) is 0 Å². The molecule has 0 spiro atoms. The van der Waals surface area contributed by atoms with Crippen LogP contribution in [0.15, 0.2) is 24.3 Å². The average molecular weight is 399 g/mol. The molecule has 3 heterocycles. The first-order valence-electron chi connectivity index (χ1n) is 10.0. The van der Waals surface area contributed by atoms with E-state index < -0.39 is 0 Å². The minimum atomic E-state index is 0.451. The van der Waals surface area contributed by atoms with Crippen molar-refractivity contribution in [3.63, 3.8) is 0 Å². The van der Waals surface area contributed by atoms with Crippen LogP contribution >= 0.6 is 0 Å². The maximum absolute atomic E-state index is 6.19. The molecule has 0 aliphatic carbocycles. The van der Waals surface area contributed by atoms with Crippen LogP contribution in [0.4, 0.5) is 17.5 Å². The maximum atomic E-state index is 6.19. The van der Waals surface area contributed by atoms with Crippen molar-refractivity contribution in [1.29, 1.82) is 0 Å². The SMILES string of the molecule is COc1ccc(N(C)c2nc(C)cc(N)n2)cc1OCC1CCN(C2COC2)C1. The van der Waals surface area contributed by atoms with Crippen LogP contribution in [0.1, 0.15) is 12.1 Å². The van der Waals surface area contributed by atoms with Crippen molar-refractivity contribution in [3.8, 4) is 11.5 Å². The summed E-state index contributed by atoms with van der Waals surface area (Å²) in [6.07, 6.45) is 1.15. The number of aryl methyl sites for hydroxylation is 1. The lowest BCUT2D eigenvalue weighted by Crippen LogP contribution is -2.48. The van der Waals surface area contributed by atoms with E-state index in [4.69, 9.17) is 19.9 Å². The van der Waals surface area contributed by atoms with Gasteiger partial charge in [-0.25, -0.2) is 4.98 Å². The summed E-state index contributed by atoms with van der Waals surface area (Å²) in [5.41, 5.74) is 7.61. The summed E-state index contributed by atoms with van der Waals surface area (Å²) < 4.78 is 17.0. The third-order valence-electron chi connectivity index (χ3n) is 5.63. The number of anilines is 3. The van der Waals surface area contributed by atoms with Crippen LogP contribution in [0, 0.1) is 12.8 Å². The number of ether oxygens (including phenoxy) is 3. The van der Waals surface area contributed by atoms with Gasteiger partial charge in [-0.05, 0) is 32.0 Å². The first kappa shape index (κ1) is 19.7. The zero-order valence-electron chi connectivity index (χ0n) is 17.3. The number of nitrogens with zero attached hydrogens (tertiary/aromatic N) is 4. The van der Waals surface area contributed by atoms with Crippen LogP contribution in [0.25, 0.3) is 0 Å². The standard InChI is InChI=1S/C21H29N5O3/c1-14-8-20(22)24-21(23-14)25(2)16-4-5-18(27-3)19(9-16)29-11-15-6-7-26(10-15)17-12-28-13-17/h4-5,8-9,15,17H,6-7,10-13H2,1-3H3,(H2,22,23,24). The number of rotatable bonds is 7. The fourth-order valence-electron chi connectivity index (χ4n) is 3.80. The Morgan fingerprint density at radius 1 is 1.24 bits per heavy atom. The number of nitrogens with two attached hydrogens (primary N) is 1. The van der Waals surface area contributed by atoms with Gasteiger partial charge in [0.25, 0.3) is 0 Å². The van der Waals surface area contributed by atoms with E-state index in [1.165, 1.54) is 0 Å². The Morgan fingerprint density at radius 2 is 2.07 bits per heavy atom. The van der Waals surface area contributed by atoms with Gasteiger partial charge in [-0.1, -0.05) is 0 Å². The minimum absolute atomic E-state index is 0.451. The molecule has 4 rings (SSSR count). The van der Waals surface area contributed by atoms with Crippen LogP contribution in [-0.2, 0) is 4.74 Å². The number of likely N-dealkylation sites (tertiary alicyclic amines) is 1. The highest BCUT2D eigenvalue weighted by Crippen LogP contribution is 2.34. The highest BCUT2D eigenvalue weighted by atomic mass is 16.5. The second-order valence-electron chi connectivity index (χ2n) is 7.78. The molecule has 1 unspecified atom stereocenters. The third-order valence-corrected chi connectivity index (χ3v) is 5.63. The second-order valence-corrected chi connectivity index (χ2v) is 7.78. The van der Waals surface area contributed by atoms with Gasteiger partial charge >= 0.3 is 0 Å². The number of benzene rings is 1. The largest absolute Gasteiger partial charge is 0.493 e. The molecule has 2 aliphatic rings. The first-order chi connectivity index (χ1) is 14.0. The van der Waals surface area contributed by atoms with E-state index >= 15 is 0 Å². The average Bonchev–Trinajstić information content (AvgIpc) is 3.11. The summed E-state index contributed by atoms with van der Waals surface area (Å²) in [4.78, 5) is 13.2. The fourth-order valence-corrected chi connectivity index (χ4v) is 3.80. The third kappa shape index (κ3) is 4.38. The van der Waals surface area contributed by atoms with Crippen molar-refractivity contribution in [2.45, 2.75) is 19.4 Å². The van der Waals surface area contributed by atoms with Crippen LogP contribution in [-0.4, -0.2) is 68.0 Å². The van der Waals surface area contributed by atoms with E-state index in [0.29, 0.717) is 36.1 Å². The quantitative estimate of drug-likeness (QED) is 0.759. The molecule has 29 heavy (non-hydrogen) atoms. The van der Waals surface area contributed by atoms with E-state index in [2.05, 4.69) is 14.9 Å². The Labute approximate surface area is 171 Å². The summed E-state index contributed by atoms with van der Waals surface area (Å²) in [6.45, 7) is 6.48. The first-order valence-corrected chi connectivity index (χ1v) is 10.0. The number of hydrogen-bond donors (Lipinski definition) is 1. The van der Waals surface area contributed by atoms with Gasteiger partial charge in [-0.3, -0.25) is 4.90 Å². The van der Waals surface area contributed by atoms with Gasteiger partial charge in [-0.2, -0.15) is 4.98 Å². The topological polar surface area (TPSA) is 86.0 Å². The minimum Gasteiger partial charge on any atom is -0.493 e. The maximum Gasteiger partial charge on any atom is 0.231 e. The lowest BCUT2D eigenvalue weighted by Gasteiger charge is -2.34. The van der Waals surface area contributed by atoms with Gasteiger partial charge in [0, 0.05) is 43.0 Å². The zero-order chi connectivity index (χ0) is 20.4. The molecule has 1 aromatic carbocycles. The number of nitrogen functional groups attached to an aromatic ring is 1. The van der Waals surface area contributed by atoms with Crippen molar-refractivity contribution >= 4 is 17.5 Å². The van der Waals surface area contributed by atoms with Crippen molar-refractivity contribution in [1.82, 2.24) is 14.9 Å². The van der Waals surface area contributed by atoms with Gasteiger partial charge in [0.05, 0.1) is 33.0 Å². The van der Waals surface area contributed by atoms with Gasteiger partial charge in [0.2, 0.25) is 5.95 Å². The number of aromatic nitrogens is 2. The van der Waals surface area contributed by atoms with E-state index in [1.54, 1.807) is 13.2 Å². The Kier molecular flexibility index (Phi) is 5.73. The Hall–Kier alpha value is -2.58. The van der Waals surface area contributed by atoms with Crippen LogP contribution in [0.2, 0.25) is 0 Å². The molecule has 156 valence electrons. The molecular formula is C21H29N5O3. The summed E-state index contributed by atoms with van der Waals surface area (Å²) in [6, 6.07) is 8.18. The molecule has 2 aliphatic heterocycles. The number of methoxy groups -OCH3 is 1. The molecule has 0 bridgehead atoms. The normalized spacial score (nSPS) is 19.8. The molecule has 0 amide bonds. The predicted octanol–water partition coefficient (Wildman–Crippen LogP) is 2.24. The molecule has 2 aromatic rings. The van der Waals surface area contributed by atoms with E-state index in [9.17, 15) is 0 Å². The van der Waals surface area contributed by atoms with Crippen molar-refractivity contribution < 1.29 is 14.2 Å². The summed E-state index contributed by atoms with van der Waals surface area (Å²) >= 11 is 0. The fraction of sp³-hybridized carbons (Fsp3) is 0.524. The highest BCUT2D eigenvalue weighted by Gasteiger charge is 2.32. The smallest absolute Gasteiger partial charge is 0.231 e.